The third kappa shape index (κ3) is 4.39. The van der Waals surface area contributed by atoms with E-state index >= 15 is 0 Å². The van der Waals surface area contributed by atoms with Crippen LogP contribution in [0.2, 0.25) is 0 Å². The number of piperazine rings is 1. The smallest absolute Gasteiger partial charge is 0.339 e. The van der Waals surface area contributed by atoms with Crippen LogP contribution in [0.5, 0.6) is 0 Å². The molecule has 0 bridgehead atoms. The summed E-state index contributed by atoms with van der Waals surface area (Å²) in [7, 11) is 1.96. The van der Waals surface area contributed by atoms with Crippen molar-refractivity contribution in [3.05, 3.63) is 59.3 Å². The molecule has 1 atom stereocenters. The van der Waals surface area contributed by atoms with Crippen LogP contribution in [0.25, 0.3) is 0 Å². The summed E-state index contributed by atoms with van der Waals surface area (Å²) in [5.41, 5.74) is -0.801. The number of carbonyl (C=O) groups excluding carboxylic acids is 3. The second-order valence-electron chi connectivity index (χ2n) is 8.57. The summed E-state index contributed by atoms with van der Waals surface area (Å²) in [6.45, 7) is 5.96. The molecule has 3 aliphatic rings. The third-order valence-corrected chi connectivity index (χ3v) is 6.37. The Balaban J connectivity index is 1.66. The maximum Gasteiger partial charge on any atom is 0.416 e. The molecule has 1 saturated heterocycles. The fourth-order valence-electron chi connectivity index (χ4n) is 4.56. The van der Waals surface area contributed by atoms with Crippen molar-refractivity contribution in [3.63, 3.8) is 0 Å². The molecule has 0 radical (unpaired) electrons. The summed E-state index contributed by atoms with van der Waals surface area (Å²) < 4.78 is 41.2. The molecular weight excluding hydrogens is 451 g/mol. The maximum atomic E-state index is 13.7. The standard InChI is InChI=1S/C23H26F3N5O3/c1-3-8-31-17-13-30(14-18(32)29-11-9-28(2)10-12-29)21(33)19(17)20(27-22(31)34)15-6-4-5-7-16(15)23(24,25)26/h3-7,20H,1,8-14H2,2H3,(H,27,34). The number of nitrogens with one attached hydrogen (secondary N) is 1. The molecule has 1 aromatic carbocycles. The number of nitrogens with zero attached hydrogens (tertiary/aromatic N) is 4. The van der Waals surface area contributed by atoms with Gasteiger partial charge in [-0.05, 0) is 18.7 Å². The molecule has 11 heteroatoms. The SMILES string of the molecule is C=CCN1C(=O)NC(c2ccccc2C(F)(F)F)C2=C1CN(CC(=O)N1CCN(C)CC1)C2=O. The monoisotopic (exact) mass is 477 g/mol. The van der Waals surface area contributed by atoms with Crippen molar-refractivity contribution in [2.75, 3.05) is 52.9 Å². The number of likely N-dealkylation sites (N-methyl/N-ethyl adjacent to an activating group) is 1. The van der Waals surface area contributed by atoms with E-state index in [0.717, 1.165) is 19.2 Å². The van der Waals surface area contributed by atoms with E-state index in [4.69, 9.17) is 0 Å². The first-order valence-corrected chi connectivity index (χ1v) is 11.0. The normalized spacial score (nSPS) is 21.6. The minimum absolute atomic E-state index is 0.0421. The topological polar surface area (TPSA) is 76.2 Å². The van der Waals surface area contributed by atoms with Gasteiger partial charge in [0.05, 0.1) is 29.4 Å². The highest BCUT2D eigenvalue weighted by Gasteiger charge is 2.46. The molecule has 1 aromatic rings. The summed E-state index contributed by atoms with van der Waals surface area (Å²) in [5.74, 6) is -0.795. The van der Waals surface area contributed by atoms with E-state index in [0.29, 0.717) is 18.8 Å². The van der Waals surface area contributed by atoms with E-state index in [2.05, 4.69) is 16.8 Å². The lowest BCUT2D eigenvalue weighted by Crippen LogP contribution is -2.50. The lowest BCUT2D eigenvalue weighted by Gasteiger charge is -2.33. The van der Waals surface area contributed by atoms with Gasteiger partial charge in [-0.3, -0.25) is 14.5 Å². The zero-order chi connectivity index (χ0) is 24.6. The van der Waals surface area contributed by atoms with E-state index in [1.807, 2.05) is 7.05 Å². The number of amides is 4. The molecule has 182 valence electrons. The number of rotatable bonds is 5. The Morgan fingerprint density at radius 1 is 1.18 bits per heavy atom. The number of urea groups is 1. The van der Waals surface area contributed by atoms with Gasteiger partial charge in [0, 0.05) is 32.7 Å². The fourth-order valence-corrected chi connectivity index (χ4v) is 4.56. The Hall–Kier alpha value is -3.34. The molecule has 8 nitrogen and oxygen atoms in total. The largest absolute Gasteiger partial charge is 0.416 e. The number of alkyl halides is 3. The summed E-state index contributed by atoms with van der Waals surface area (Å²) in [4.78, 5) is 45.4. The van der Waals surface area contributed by atoms with E-state index in [1.54, 1.807) is 4.90 Å². The average Bonchev–Trinajstić information content (AvgIpc) is 3.11. The van der Waals surface area contributed by atoms with Gasteiger partial charge in [0.25, 0.3) is 5.91 Å². The molecule has 4 rings (SSSR count). The molecule has 1 fully saturated rings. The molecule has 0 aliphatic carbocycles. The van der Waals surface area contributed by atoms with Crippen LogP contribution in [0.15, 0.2) is 48.2 Å². The predicted octanol–water partition coefficient (Wildman–Crippen LogP) is 1.83. The quantitative estimate of drug-likeness (QED) is 0.657. The van der Waals surface area contributed by atoms with Gasteiger partial charge >= 0.3 is 12.2 Å². The number of hydrogen-bond donors (Lipinski definition) is 1. The Morgan fingerprint density at radius 2 is 1.85 bits per heavy atom. The fraction of sp³-hybridized carbons (Fsp3) is 0.435. The van der Waals surface area contributed by atoms with Gasteiger partial charge in [0.2, 0.25) is 5.91 Å². The third-order valence-electron chi connectivity index (χ3n) is 6.37. The summed E-state index contributed by atoms with van der Waals surface area (Å²) >= 11 is 0. The molecule has 3 aliphatic heterocycles. The second kappa shape index (κ2) is 9.13. The first-order chi connectivity index (χ1) is 16.1. The number of halogens is 3. The maximum absolute atomic E-state index is 13.7. The van der Waals surface area contributed by atoms with Gasteiger partial charge in [0.1, 0.15) is 6.54 Å². The molecule has 0 saturated carbocycles. The zero-order valence-corrected chi connectivity index (χ0v) is 18.8. The van der Waals surface area contributed by atoms with Crippen molar-refractivity contribution in [2.45, 2.75) is 12.2 Å². The predicted molar refractivity (Wildman–Crippen MR) is 117 cm³/mol. The number of benzene rings is 1. The van der Waals surface area contributed by atoms with Crippen LogP contribution < -0.4 is 5.32 Å². The first kappa shape index (κ1) is 23.8. The Kier molecular flexibility index (Phi) is 6.39. The molecule has 3 heterocycles. The van der Waals surface area contributed by atoms with Crippen LogP contribution in [0.3, 0.4) is 0 Å². The molecule has 0 spiro atoms. The Labute approximate surface area is 195 Å². The first-order valence-electron chi connectivity index (χ1n) is 11.0. The van der Waals surface area contributed by atoms with Gasteiger partial charge in [-0.25, -0.2) is 4.79 Å². The lowest BCUT2D eigenvalue weighted by molar-refractivity contribution is -0.139. The van der Waals surface area contributed by atoms with Gasteiger partial charge in [-0.1, -0.05) is 24.3 Å². The van der Waals surface area contributed by atoms with Gasteiger partial charge in [0.15, 0.2) is 0 Å². The van der Waals surface area contributed by atoms with Crippen molar-refractivity contribution < 1.29 is 27.6 Å². The molecule has 1 unspecified atom stereocenters. The molecule has 1 N–H and O–H groups in total. The van der Waals surface area contributed by atoms with Gasteiger partial charge in [-0.15, -0.1) is 6.58 Å². The van der Waals surface area contributed by atoms with E-state index in [1.165, 1.54) is 34.1 Å². The summed E-state index contributed by atoms with van der Waals surface area (Å²) in [6, 6.07) is 2.96. The molecule has 34 heavy (non-hydrogen) atoms. The van der Waals surface area contributed by atoms with Crippen molar-refractivity contribution in [1.29, 1.82) is 0 Å². The van der Waals surface area contributed by atoms with Crippen LogP contribution in [-0.2, 0) is 15.8 Å². The minimum atomic E-state index is -4.67. The number of carbonyl (C=O) groups is 3. The molecule has 4 amide bonds. The summed E-state index contributed by atoms with van der Waals surface area (Å²) in [6.07, 6.45) is -3.20. The highest BCUT2D eigenvalue weighted by atomic mass is 19.4. The van der Waals surface area contributed by atoms with Crippen LogP contribution in [0.4, 0.5) is 18.0 Å². The van der Waals surface area contributed by atoms with E-state index < -0.39 is 29.7 Å². The Bertz CT molecular complexity index is 1050. The highest BCUT2D eigenvalue weighted by Crippen LogP contribution is 2.41. The number of hydrogen-bond acceptors (Lipinski definition) is 4. The van der Waals surface area contributed by atoms with Gasteiger partial charge < -0.3 is 20.0 Å². The van der Waals surface area contributed by atoms with Crippen LogP contribution in [-0.4, -0.2) is 90.3 Å². The molecular formula is C23H26F3N5O3. The molecule has 0 aromatic heterocycles. The Morgan fingerprint density at radius 3 is 2.50 bits per heavy atom. The van der Waals surface area contributed by atoms with Gasteiger partial charge in [-0.2, -0.15) is 13.2 Å². The summed E-state index contributed by atoms with van der Waals surface area (Å²) in [5, 5.41) is 2.56. The van der Waals surface area contributed by atoms with Crippen LogP contribution >= 0.6 is 0 Å². The lowest BCUT2D eigenvalue weighted by atomic mass is 9.91. The van der Waals surface area contributed by atoms with Crippen LogP contribution in [0, 0.1) is 0 Å². The van der Waals surface area contributed by atoms with Crippen molar-refractivity contribution >= 4 is 17.8 Å². The highest BCUT2D eigenvalue weighted by molar-refractivity contribution is 6.03. The average molecular weight is 477 g/mol. The van der Waals surface area contributed by atoms with Crippen molar-refractivity contribution in [1.82, 2.24) is 24.9 Å². The second-order valence-corrected chi connectivity index (χ2v) is 8.57. The van der Waals surface area contributed by atoms with Crippen molar-refractivity contribution in [3.8, 4) is 0 Å². The minimum Gasteiger partial charge on any atom is -0.339 e. The van der Waals surface area contributed by atoms with E-state index in [-0.39, 0.29) is 36.7 Å². The zero-order valence-electron chi connectivity index (χ0n) is 18.8. The van der Waals surface area contributed by atoms with Crippen LogP contribution in [0.1, 0.15) is 17.2 Å². The van der Waals surface area contributed by atoms with E-state index in [9.17, 15) is 27.6 Å². The van der Waals surface area contributed by atoms with Crippen molar-refractivity contribution in [2.24, 2.45) is 0 Å².